The standard InChI is InChI=1S/C9H12.C2H4O/c1-3-9-7-5-4-6-8(9)2;1-2-3/h4-7H,3H2,1-2H3;2-3H,1H2. The maximum atomic E-state index is 7.33. The van der Waals surface area contributed by atoms with Crippen molar-refractivity contribution in [1.82, 2.24) is 0 Å². The van der Waals surface area contributed by atoms with Crippen molar-refractivity contribution in [2.45, 2.75) is 20.3 Å². The third-order valence-corrected chi connectivity index (χ3v) is 1.64. The van der Waals surface area contributed by atoms with Crippen LogP contribution in [0.1, 0.15) is 18.1 Å². The summed E-state index contributed by atoms with van der Waals surface area (Å²) in [6, 6.07) is 8.49. The normalized spacial score (nSPS) is 8.17. The summed E-state index contributed by atoms with van der Waals surface area (Å²) < 4.78 is 0. The summed E-state index contributed by atoms with van der Waals surface area (Å²) >= 11 is 0. The van der Waals surface area contributed by atoms with E-state index in [0.717, 1.165) is 12.7 Å². The van der Waals surface area contributed by atoms with Crippen molar-refractivity contribution in [2.24, 2.45) is 0 Å². The van der Waals surface area contributed by atoms with Gasteiger partial charge in [0.2, 0.25) is 0 Å². The SMILES string of the molecule is C=CO.CCc1ccccc1C. The van der Waals surface area contributed by atoms with E-state index in [0.29, 0.717) is 0 Å². The Morgan fingerprint density at radius 1 is 1.42 bits per heavy atom. The summed E-state index contributed by atoms with van der Waals surface area (Å²) in [6.07, 6.45) is 1.90. The van der Waals surface area contributed by atoms with Crippen molar-refractivity contribution >= 4 is 0 Å². The number of rotatable bonds is 1. The van der Waals surface area contributed by atoms with E-state index < -0.39 is 0 Å². The Morgan fingerprint density at radius 3 is 2.25 bits per heavy atom. The first-order chi connectivity index (χ1) is 5.76. The Kier molecular flexibility index (Phi) is 5.80. The molecule has 0 radical (unpaired) electrons. The number of aliphatic hydroxyl groups is 1. The molecule has 0 amide bonds. The van der Waals surface area contributed by atoms with Crippen LogP contribution in [0.2, 0.25) is 0 Å². The van der Waals surface area contributed by atoms with Gasteiger partial charge >= 0.3 is 0 Å². The minimum absolute atomic E-state index is 0.750. The van der Waals surface area contributed by atoms with Crippen LogP contribution in [0, 0.1) is 6.92 Å². The number of hydrogen-bond acceptors (Lipinski definition) is 1. The van der Waals surface area contributed by atoms with E-state index in [1.165, 1.54) is 11.1 Å². The van der Waals surface area contributed by atoms with E-state index in [9.17, 15) is 0 Å². The lowest BCUT2D eigenvalue weighted by Gasteiger charge is -1.98. The zero-order valence-electron chi connectivity index (χ0n) is 7.75. The highest BCUT2D eigenvalue weighted by Crippen LogP contribution is 2.06. The van der Waals surface area contributed by atoms with Gasteiger partial charge in [0, 0.05) is 0 Å². The molecule has 0 spiro atoms. The monoisotopic (exact) mass is 164 g/mol. The summed E-state index contributed by atoms with van der Waals surface area (Å²) in [7, 11) is 0. The van der Waals surface area contributed by atoms with Crippen molar-refractivity contribution < 1.29 is 5.11 Å². The van der Waals surface area contributed by atoms with Crippen LogP contribution in [0.15, 0.2) is 37.1 Å². The van der Waals surface area contributed by atoms with Crippen LogP contribution in [0.3, 0.4) is 0 Å². The average Bonchev–Trinajstić information content (AvgIpc) is 2.07. The molecule has 1 aromatic rings. The predicted octanol–water partition coefficient (Wildman–Crippen LogP) is 3.25. The van der Waals surface area contributed by atoms with Crippen LogP contribution < -0.4 is 0 Å². The predicted molar refractivity (Wildman–Crippen MR) is 53.4 cm³/mol. The maximum absolute atomic E-state index is 7.33. The fraction of sp³-hybridized carbons (Fsp3) is 0.273. The van der Waals surface area contributed by atoms with E-state index in [2.05, 4.69) is 44.7 Å². The molecule has 0 bridgehead atoms. The van der Waals surface area contributed by atoms with Gasteiger partial charge in [0.05, 0.1) is 6.26 Å². The van der Waals surface area contributed by atoms with Gasteiger partial charge in [-0.25, -0.2) is 0 Å². The topological polar surface area (TPSA) is 20.2 Å². The van der Waals surface area contributed by atoms with Crippen molar-refractivity contribution in [2.75, 3.05) is 0 Å². The van der Waals surface area contributed by atoms with Crippen LogP contribution in [0.4, 0.5) is 0 Å². The maximum Gasteiger partial charge on any atom is 0.0719 e. The van der Waals surface area contributed by atoms with Crippen molar-refractivity contribution in [3.05, 3.63) is 48.2 Å². The van der Waals surface area contributed by atoms with Gasteiger partial charge in [-0.1, -0.05) is 37.8 Å². The van der Waals surface area contributed by atoms with Crippen molar-refractivity contribution in [3.63, 3.8) is 0 Å². The molecular formula is C11H16O. The molecule has 0 aliphatic heterocycles. The molecule has 0 saturated heterocycles. The van der Waals surface area contributed by atoms with Crippen molar-refractivity contribution in [3.8, 4) is 0 Å². The highest BCUT2D eigenvalue weighted by Gasteiger charge is 1.89. The summed E-state index contributed by atoms with van der Waals surface area (Å²) in [4.78, 5) is 0. The van der Waals surface area contributed by atoms with Crippen LogP contribution in [-0.4, -0.2) is 5.11 Å². The van der Waals surface area contributed by atoms with Crippen LogP contribution in [-0.2, 0) is 6.42 Å². The Balaban J connectivity index is 0.000000354. The minimum atomic E-state index is 0.750. The first kappa shape index (κ1) is 10.8. The first-order valence-corrected chi connectivity index (χ1v) is 4.05. The van der Waals surface area contributed by atoms with Gasteiger partial charge in [-0.2, -0.15) is 0 Å². The summed E-state index contributed by atoms with van der Waals surface area (Å²) in [6.45, 7) is 7.25. The molecule has 0 saturated carbocycles. The largest absolute Gasteiger partial charge is 0.516 e. The Labute approximate surface area is 74.4 Å². The van der Waals surface area contributed by atoms with Crippen LogP contribution in [0.25, 0.3) is 0 Å². The minimum Gasteiger partial charge on any atom is -0.516 e. The second kappa shape index (κ2) is 6.47. The van der Waals surface area contributed by atoms with E-state index in [1.807, 2.05) is 0 Å². The second-order valence-corrected chi connectivity index (χ2v) is 2.46. The van der Waals surface area contributed by atoms with Gasteiger partial charge in [-0.15, -0.1) is 0 Å². The highest BCUT2D eigenvalue weighted by atomic mass is 16.2. The lowest BCUT2D eigenvalue weighted by Crippen LogP contribution is -1.82. The number of hydrogen-bond donors (Lipinski definition) is 1. The fourth-order valence-electron chi connectivity index (χ4n) is 1.01. The molecule has 0 unspecified atom stereocenters. The molecule has 0 fully saturated rings. The molecule has 0 aliphatic rings. The third kappa shape index (κ3) is 3.81. The molecule has 0 atom stereocenters. The molecule has 1 rings (SSSR count). The van der Waals surface area contributed by atoms with Gasteiger partial charge in [0.1, 0.15) is 0 Å². The Morgan fingerprint density at radius 2 is 1.92 bits per heavy atom. The third-order valence-electron chi connectivity index (χ3n) is 1.64. The fourth-order valence-corrected chi connectivity index (χ4v) is 1.01. The molecule has 0 aliphatic carbocycles. The quantitative estimate of drug-likeness (QED) is 0.632. The van der Waals surface area contributed by atoms with Gasteiger partial charge in [0.15, 0.2) is 0 Å². The number of benzene rings is 1. The van der Waals surface area contributed by atoms with Gasteiger partial charge in [-0.3, -0.25) is 0 Å². The zero-order chi connectivity index (χ0) is 9.40. The number of aliphatic hydroxyl groups excluding tert-OH is 1. The summed E-state index contributed by atoms with van der Waals surface area (Å²) in [5, 5.41) is 7.33. The molecule has 0 aromatic heterocycles. The molecule has 0 heterocycles. The van der Waals surface area contributed by atoms with E-state index >= 15 is 0 Å². The summed E-state index contributed by atoms with van der Waals surface area (Å²) in [5.41, 5.74) is 2.86. The second-order valence-electron chi connectivity index (χ2n) is 2.46. The Bertz CT molecular complexity index is 228. The molecule has 1 N–H and O–H groups in total. The number of aryl methyl sites for hydroxylation is 2. The molecular weight excluding hydrogens is 148 g/mol. The van der Waals surface area contributed by atoms with E-state index in [-0.39, 0.29) is 0 Å². The molecule has 1 aromatic carbocycles. The molecule has 12 heavy (non-hydrogen) atoms. The van der Waals surface area contributed by atoms with Crippen molar-refractivity contribution in [1.29, 1.82) is 0 Å². The van der Waals surface area contributed by atoms with Gasteiger partial charge in [0.25, 0.3) is 0 Å². The van der Waals surface area contributed by atoms with Gasteiger partial charge < -0.3 is 5.11 Å². The zero-order valence-corrected chi connectivity index (χ0v) is 7.75. The molecule has 1 nitrogen and oxygen atoms in total. The lowest BCUT2D eigenvalue weighted by molar-refractivity contribution is 0.476. The van der Waals surface area contributed by atoms with Crippen LogP contribution in [0.5, 0.6) is 0 Å². The average molecular weight is 164 g/mol. The molecule has 1 heteroatoms. The first-order valence-electron chi connectivity index (χ1n) is 4.05. The van der Waals surface area contributed by atoms with Crippen LogP contribution >= 0.6 is 0 Å². The van der Waals surface area contributed by atoms with E-state index in [1.54, 1.807) is 0 Å². The van der Waals surface area contributed by atoms with E-state index in [4.69, 9.17) is 5.11 Å². The summed E-state index contributed by atoms with van der Waals surface area (Å²) in [5.74, 6) is 0. The lowest BCUT2D eigenvalue weighted by atomic mass is 10.1. The molecule has 66 valence electrons. The highest BCUT2D eigenvalue weighted by molar-refractivity contribution is 5.24. The Hall–Kier alpha value is -1.24. The smallest absolute Gasteiger partial charge is 0.0719 e. The van der Waals surface area contributed by atoms with Gasteiger partial charge in [-0.05, 0) is 24.5 Å².